The molecule has 3 aromatic carbocycles. The molecule has 2 heterocycles. The summed E-state index contributed by atoms with van der Waals surface area (Å²) in [7, 11) is 1.87. The van der Waals surface area contributed by atoms with Crippen LogP contribution in [-0.4, -0.2) is 13.9 Å². The van der Waals surface area contributed by atoms with Gasteiger partial charge >= 0.3 is 0 Å². The van der Waals surface area contributed by atoms with Gasteiger partial charge in [-0.3, -0.25) is 9.48 Å². The molecule has 5 nitrogen and oxygen atoms in total. The third-order valence-electron chi connectivity index (χ3n) is 6.36. The second kappa shape index (κ2) is 10.3. The summed E-state index contributed by atoms with van der Waals surface area (Å²) in [4.78, 5) is 19.1. The minimum atomic E-state index is -0.268. The molecule has 0 amide bonds. The summed E-state index contributed by atoms with van der Waals surface area (Å²) in [5, 5.41) is 2.03. The number of benzene rings is 3. The molecular formula is C29H27FN4OS. The molecule has 0 aliphatic carbocycles. The van der Waals surface area contributed by atoms with Gasteiger partial charge in [0.05, 0.1) is 17.1 Å². The van der Waals surface area contributed by atoms with E-state index < -0.39 is 0 Å². The van der Waals surface area contributed by atoms with Crippen molar-refractivity contribution in [3.05, 3.63) is 123 Å². The summed E-state index contributed by atoms with van der Waals surface area (Å²) in [5.41, 5.74) is 5.00. The number of aryl methyl sites for hydroxylation is 1. The van der Waals surface area contributed by atoms with E-state index >= 15 is 0 Å². The average molecular weight is 499 g/mol. The second-order valence-electron chi connectivity index (χ2n) is 8.67. The van der Waals surface area contributed by atoms with Crippen LogP contribution in [0.1, 0.15) is 17.7 Å². The van der Waals surface area contributed by atoms with Crippen molar-refractivity contribution in [1.82, 2.24) is 13.9 Å². The van der Waals surface area contributed by atoms with Crippen LogP contribution in [0.4, 0.5) is 10.1 Å². The van der Waals surface area contributed by atoms with E-state index in [-0.39, 0.29) is 11.4 Å². The van der Waals surface area contributed by atoms with Gasteiger partial charge in [-0.05, 0) is 67.3 Å². The molecule has 0 fully saturated rings. The molecule has 0 bridgehead atoms. The first-order valence-corrected chi connectivity index (χ1v) is 12.8. The number of aromatic nitrogens is 3. The highest BCUT2D eigenvalue weighted by Gasteiger charge is 2.17. The van der Waals surface area contributed by atoms with Gasteiger partial charge in [0, 0.05) is 19.0 Å². The third-order valence-corrected chi connectivity index (χ3v) is 7.22. The lowest BCUT2D eigenvalue weighted by atomic mass is 10.1. The van der Waals surface area contributed by atoms with E-state index in [4.69, 9.17) is 4.99 Å². The number of nitrogens with zero attached hydrogens (tertiary/aromatic N) is 4. The van der Waals surface area contributed by atoms with E-state index in [2.05, 4.69) is 16.7 Å². The van der Waals surface area contributed by atoms with Gasteiger partial charge in [0.25, 0.3) is 5.56 Å². The Labute approximate surface area is 213 Å². The van der Waals surface area contributed by atoms with Gasteiger partial charge in [-0.2, -0.15) is 0 Å². The van der Waals surface area contributed by atoms with E-state index in [9.17, 15) is 9.18 Å². The summed E-state index contributed by atoms with van der Waals surface area (Å²) in [5.74, 6) is -0.268. The monoisotopic (exact) mass is 498 g/mol. The highest BCUT2D eigenvalue weighted by atomic mass is 32.1. The maximum absolute atomic E-state index is 13.6. The minimum absolute atomic E-state index is 0.159. The zero-order valence-corrected chi connectivity index (χ0v) is 21.1. The predicted octanol–water partition coefficient (Wildman–Crippen LogP) is 6.02. The van der Waals surface area contributed by atoms with Crippen molar-refractivity contribution in [3.8, 4) is 16.9 Å². The Morgan fingerprint density at radius 2 is 1.58 bits per heavy atom. The number of halogens is 1. The highest BCUT2D eigenvalue weighted by Crippen LogP contribution is 2.23. The topological polar surface area (TPSA) is 44.2 Å². The Morgan fingerprint density at radius 3 is 2.28 bits per heavy atom. The molecule has 0 aliphatic rings. The van der Waals surface area contributed by atoms with Crippen LogP contribution in [0.3, 0.4) is 0 Å². The van der Waals surface area contributed by atoms with Gasteiger partial charge in [-0.25, -0.2) is 14.1 Å². The quantitative estimate of drug-likeness (QED) is 0.271. The molecular weight excluding hydrogens is 471 g/mol. The molecule has 0 saturated heterocycles. The lowest BCUT2D eigenvalue weighted by molar-refractivity contribution is 0.626. The maximum atomic E-state index is 13.6. The lowest BCUT2D eigenvalue weighted by Crippen LogP contribution is -2.20. The fraction of sp³-hybridized carbons (Fsp3) is 0.172. The maximum Gasteiger partial charge on any atom is 0.297 e. The fourth-order valence-electron chi connectivity index (χ4n) is 4.35. The summed E-state index contributed by atoms with van der Waals surface area (Å²) in [6, 6.07) is 26.5. The third kappa shape index (κ3) is 4.75. The lowest BCUT2D eigenvalue weighted by Gasteiger charge is -2.09. The van der Waals surface area contributed by atoms with Crippen LogP contribution in [-0.2, 0) is 20.0 Å². The number of hydrogen-bond donors (Lipinski definition) is 0. The first kappa shape index (κ1) is 23.8. The van der Waals surface area contributed by atoms with Crippen molar-refractivity contribution in [1.29, 1.82) is 0 Å². The van der Waals surface area contributed by atoms with E-state index in [0.717, 1.165) is 46.8 Å². The molecule has 182 valence electrons. The number of rotatable bonds is 7. The molecule has 0 atom stereocenters. The number of thiazole rings is 1. The molecule has 0 spiro atoms. The van der Waals surface area contributed by atoms with E-state index in [1.807, 2.05) is 72.6 Å². The zero-order chi connectivity index (χ0) is 25.1. The Bertz CT molecular complexity index is 1590. The van der Waals surface area contributed by atoms with Crippen molar-refractivity contribution in [3.63, 3.8) is 0 Å². The Kier molecular flexibility index (Phi) is 6.82. The van der Waals surface area contributed by atoms with Crippen LogP contribution in [0.15, 0.2) is 100 Å². The van der Waals surface area contributed by atoms with E-state index in [0.29, 0.717) is 5.69 Å². The van der Waals surface area contributed by atoms with Gasteiger partial charge in [0.1, 0.15) is 5.82 Å². The summed E-state index contributed by atoms with van der Waals surface area (Å²) >= 11 is 1.49. The second-order valence-corrected chi connectivity index (χ2v) is 9.51. The smallest absolute Gasteiger partial charge is 0.297 e. The highest BCUT2D eigenvalue weighted by molar-refractivity contribution is 7.07. The molecule has 36 heavy (non-hydrogen) atoms. The van der Waals surface area contributed by atoms with Crippen LogP contribution >= 0.6 is 11.3 Å². The van der Waals surface area contributed by atoms with Gasteiger partial charge < -0.3 is 4.57 Å². The molecule has 5 rings (SSSR count). The minimum Gasteiger partial charge on any atom is -0.316 e. The van der Waals surface area contributed by atoms with Crippen molar-refractivity contribution >= 4 is 17.0 Å². The molecule has 2 aromatic heterocycles. The average Bonchev–Trinajstić information content (AvgIpc) is 3.39. The molecule has 5 aromatic rings. The van der Waals surface area contributed by atoms with Crippen LogP contribution in [0, 0.1) is 12.7 Å². The van der Waals surface area contributed by atoms with Crippen molar-refractivity contribution in [2.45, 2.75) is 26.3 Å². The van der Waals surface area contributed by atoms with Crippen molar-refractivity contribution in [2.75, 3.05) is 0 Å². The Morgan fingerprint density at radius 1 is 0.917 bits per heavy atom. The summed E-state index contributed by atoms with van der Waals surface area (Å²) in [6.07, 6.45) is 1.83. The molecule has 0 N–H and O–H groups in total. The zero-order valence-electron chi connectivity index (χ0n) is 20.3. The molecule has 0 aliphatic heterocycles. The Balaban J connectivity index is 1.58. The SMILES string of the molecule is Cc1c(N=c2scc(-c3ccc(F)cc3)n2CCCc2ccccc2)c(=O)n(-c2ccccc2)n1C. The number of para-hydroxylation sites is 1. The molecule has 7 heteroatoms. The largest absolute Gasteiger partial charge is 0.316 e. The standard InChI is InChI=1S/C29H27FN4OS/c1-21-27(28(35)34(32(21)2)25-13-7-4-8-14-25)31-29-33(19-9-12-22-10-5-3-6-11-22)26(20-36-29)23-15-17-24(30)18-16-23/h3-8,10-11,13-18,20H,9,12,19H2,1-2H3. The first-order chi connectivity index (χ1) is 17.5. The normalized spacial score (nSPS) is 11.8. The molecule has 0 unspecified atom stereocenters. The van der Waals surface area contributed by atoms with Gasteiger partial charge in [-0.1, -0.05) is 48.5 Å². The molecule has 0 saturated carbocycles. The van der Waals surface area contributed by atoms with Crippen LogP contribution in [0.5, 0.6) is 0 Å². The van der Waals surface area contributed by atoms with E-state index in [1.165, 1.54) is 29.0 Å². The van der Waals surface area contributed by atoms with Gasteiger partial charge in [0.2, 0.25) is 0 Å². The molecule has 0 radical (unpaired) electrons. The van der Waals surface area contributed by atoms with Crippen LogP contribution in [0.2, 0.25) is 0 Å². The Hall–Kier alpha value is -3.97. The summed E-state index contributed by atoms with van der Waals surface area (Å²) in [6.45, 7) is 2.64. The number of hydrogen-bond acceptors (Lipinski definition) is 3. The fourth-order valence-corrected chi connectivity index (χ4v) is 5.29. The van der Waals surface area contributed by atoms with E-state index in [1.54, 1.807) is 16.8 Å². The predicted molar refractivity (Wildman–Crippen MR) is 143 cm³/mol. The van der Waals surface area contributed by atoms with Gasteiger partial charge in [-0.15, -0.1) is 11.3 Å². The van der Waals surface area contributed by atoms with Crippen LogP contribution in [0.25, 0.3) is 16.9 Å². The first-order valence-electron chi connectivity index (χ1n) is 11.9. The van der Waals surface area contributed by atoms with Crippen LogP contribution < -0.4 is 10.4 Å². The van der Waals surface area contributed by atoms with Gasteiger partial charge in [0.15, 0.2) is 10.5 Å². The van der Waals surface area contributed by atoms with Crippen molar-refractivity contribution in [2.24, 2.45) is 12.0 Å². The van der Waals surface area contributed by atoms with Crippen molar-refractivity contribution < 1.29 is 4.39 Å². The summed E-state index contributed by atoms with van der Waals surface area (Å²) < 4.78 is 19.2.